The van der Waals surface area contributed by atoms with Crippen molar-refractivity contribution in [1.29, 1.82) is 0 Å². The van der Waals surface area contributed by atoms with Crippen LogP contribution in [0.15, 0.2) is 6.07 Å². The lowest BCUT2D eigenvalue weighted by atomic mass is 10.1. The molecule has 0 fully saturated rings. The lowest BCUT2D eigenvalue weighted by molar-refractivity contribution is 0.898. The van der Waals surface area contributed by atoms with Crippen LogP contribution in [-0.2, 0) is 12.8 Å². The third-order valence-corrected chi connectivity index (χ3v) is 4.47. The van der Waals surface area contributed by atoms with E-state index in [9.17, 15) is 0 Å². The zero-order valence-electron chi connectivity index (χ0n) is 10.8. The van der Waals surface area contributed by atoms with Crippen molar-refractivity contribution in [3.63, 3.8) is 0 Å². The lowest BCUT2D eigenvalue weighted by Crippen LogP contribution is -2.19. The third-order valence-electron chi connectivity index (χ3n) is 3.28. The van der Waals surface area contributed by atoms with E-state index in [4.69, 9.17) is 22.9 Å². The molecule has 0 spiro atoms. The van der Waals surface area contributed by atoms with Gasteiger partial charge in [0, 0.05) is 17.5 Å². The van der Waals surface area contributed by atoms with E-state index in [-0.39, 0.29) is 0 Å². The molecule has 3 N–H and O–H groups in total. The summed E-state index contributed by atoms with van der Waals surface area (Å²) < 4.78 is 0. The molecule has 1 aromatic heterocycles. The van der Waals surface area contributed by atoms with Gasteiger partial charge < -0.3 is 11.1 Å². The zero-order chi connectivity index (χ0) is 13.1. The Kier molecular flexibility index (Phi) is 4.45. The van der Waals surface area contributed by atoms with E-state index in [2.05, 4.69) is 24.6 Å². The van der Waals surface area contributed by atoms with Gasteiger partial charge in [-0.1, -0.05) is 19.1 Å². The van der Waals surface area contributed by atoms with E-state index in [0.717, 1.165) is 30.8 Å². The van der Waals surface area contributed by atoms with Crippen LogP contribution in [0.3, 0.4) is 0 Å². The molecule has 3 nitrogen and oxygen atoms in total. The average Bonchev–Trinajstić information content (AvgIpc) is 2.81. The van der Waals surface area contributed by atoms with Crippen molar-refractivity contribution in [1.82, 2.24) is 4.98 Å². The smallest absolute Gasteiger partial charge is 0.136 e. The van der Waals surface area contributed by atoms with Crippen LogP contribution >= 0.6 is 24.0 Å². The fourth-order valence-electron chi connectivity index (χ4n) is 2.12. The lowest BCUT2D eigenvalue weighted by Gasteiger charge is -2.15. The summed E-state index contributed by atoms with van der Waals surface area (Å²) in [5.74, 6) is 0.851. The van der Waals surface area contributed by atoms with Crippen LogP contribution in [0.25, 0.3) is 0 Å². The van der Waals surface area contributed by atoms with Crippen LogP contribution in [-0.4, -0.2) is 28.0 Å². The quantitative estimate of drug-likeness (QED) is 0.812. The van der Waals surface area contributed by atoms with Crippen LogP contribution in [0.2, 0.25) is 0 Å². The second kappa shape index (κ2) is 5.89. The van der Waals surface area contributed by atoms with Gasteiger partial charge >= 0.3 is 0 Å². The van der Waals surface area contributed by atoms with Crippen LogP contribution in [0.4, 0.5) is 5.82 Å². The van der Waals surface area contributed by atoms with Crippen molar-refractivity contribution in [3.8, 4) is 0 Å². The normalized spacial score (nSPS) is 15.2. The highest BCUT2D eigenvalue weighted by atomic mass is 32.2. The Labute approximate surface area is 118 Å². The Morgan fingerprint density at radius 2 is 2.39 bits per heavy atom. The predicted molar refractivity (Wildman–Crippen MR) is 83.6 cm³/mol. The number of hydrogen-bond acceptors (Lipinski definition) is 4. The largest absolute Gasteiger partial charge is 0.389 e. The van der Waals surface area contributed by atoms with Gasteiger partial charge in [0.2, 0.25) is 0 Å². The standard InChI is InChI=1S/C13H19N3S2/c1-8(18-2)7-15-13-10(12(14)17)6-9-4-3-5-11(9)16-13/h6,8H,3-5,7H2,1-2H3,(H2,14,17)(H,15,16). The first-order valence-corrected chi connectivity index (χ1v) is 7.90. The van der Waals surface area contributed by atoms with Crippen molar-refractivity contribution in [2.75, 3.05) is 18.1 Å². The molecule has 0 saturated carbocycles. The first kappa shape index (κ1) is 13.6. The third kappa shape index (κ3) is 2.95. The summed E-state index contributed by atoms with van der Waals surface area (Å²) in [5.41, 5.74) is 9.19. The highest BCUT2D eigenvalue weighted by Gasteiger charge is 2.17. The number of nitrogens with zero attached hydrogens (tertiary/aromatic N) is 1. The molecule has 1 aliphatic carbocycles. The Morgan fingerprint density at radius 3 is 3.06 bits per heavy atom. The summed E-state index contributed by atoms with van der Waals surface area (Å²) in [4.78, 5) is 5.12. The maximum atomic E-state index is 5.79. The second-order valence-corrected chi connectivity index (χ2v) is 6.35. The van der Waals surface area contributed by atoms with Gasteiger partial charge in [-0.3, -0.25) is 0 Å². The highest BCUT2D eigenvalue weighted by Crippen LogP contribution is 2.25. The van der Waals surface area contributed by atoms with Gasteiger partial charge in [-0.2, -0.15) is 11.8 Å². The maximum absolute atomic E-state index is 5.79. The molecular weight excluding hydrogens is 262 g/mol. The summed E-state index contributed by atoms with van der Waals surface area (Å²) in [6.07, 6.45) is 5.46. The van der Waals surface area contributed by atoms with Crippen molar-refractivity contribution >= 4 is 34.8 Å². The Morgan fingerprint density at radius 1 is 1.61 bits per heavy atom. The van der Waals surface area contributed by atoms with E-state index in [1.54, 1.807) is 0 Å². The number of nitrogens with one attached hydrogen (secondary N) is 1. The van der Waals surface area contributed by atoms with E-state index < -0.39 is 0 Å². The molecule has 1 heterocycles. The molecule has 0 amide bonds. The number of aryl methyl sites for hydroxylation is 2. The van der Waals surface area contributed by atoms with Crippen LogP contribution in [0.1, 0.15) is 30.2 Å². The molecule has 1 unspecified atom stereocenters. The van der Waals surface area contributed by atoms with E-state index in [1.807, 2.05) is 11.8 Å². The number of fused-ring (bicyclic) bond motifs is 1. The molecule has 0 saturated heterocycles. The molecule has 2 rings (SSSR count). The van der Waals surface area contributed by atoms with Gasteiger partial charge in [0.25, 0.3) is 0 Å². The summed E-state index contributed by atoms with van der Waals surface area (Å²) >= 11 is 6.95. The molecule has 98 valence electrons. The van der Waals surface area contributed by atoms with Gasteiger partial charge in [-0.15, -0.1) is 0 Å². The minimum Gasteiger partial charge on any atom is -0.389 e. The number of rotatable bonds is 5. The summed E-state index contributed by atoms with van der Waals surface area (Å²) in [6, 6.07) is 2.11. The minimum absolute atomic E-state index is 0.427. The van der Waals surface area contributed by atoms with Crippen LogP contribution in [0, 0.1) is 0 Å². The molecule has 5 heteroatoms. The number of thioether (sulfide) groups is 1. The molecule has 0 bridgehead atoms. The molecule has 0 aromatic carbocycles. The molecular formula is C13H19N3S2. The minimum atomic E-state index is 0.427. The van der Waals surface area contributed by atoms with E-state index in [1.165, 1.54) is 17.7 Å². The van der Waals surface area contributed by atoms with Gasteiger partial charge in [0.05, 0.1) is 5.56 Å². The fraction of sp³-hybridized carbons (Fsp3) is 0.538. The predicted octanol–water partition coefficient (Wildman–Crippen LogP) is 2.37. The number of pyridine rings is 1. The van der Waals surface area contributed by atoms with Crippen molar-refractivity contribution in [2.45, 2.75) is 31.4 Å². The summed E-state index contributed by atoms with van der Waals surface area (Å²) in [6.45, 7) is 3.06. The van der Waals surface area contributed by atoms with E-state index in [0.29, 0.717) is 10.2 Å². The molecule has 0 radical (unpaired) electrons. The molecule has 1 atom stereocenters. The number of aromatic nitrogens is 1. The van der Waals surface area contributed by atoms with Crippen molar-refractivity contribution in [2.24, 2.45) is 5.73 Å². The Balaban J connectivity index is 2.24. The SMILES string of the molecule is CSC(C)CNc1nc2c(cc1C(N)=S)CCC2. The van der Waals surface area contributed by atoms with E-state index >= 15 is 0 Å². The Bertz CT molecular complexity index is 460. The van der Waals surface area contributed by atoms with Gasteiger partial charge in [-0.25, -0.2) is 4.98 Å². The first-order chi connectivity index (χ1) is 8.61. The monoisotopic (exact) mass is 281 g/mol. The molecule has 1 aromatic rings. The number of thiocarbonyl (C=S) groups is 1. The number of anilines is 1. The summed E-state index contributed by atoms with van der Waals surface area (Å²) in [7, 11) is 0. The fourth-order valence-corrected chi connectivity index (χ4v) is 2.52. The topological polar surface area (TPSA) is 50.9 Å². The highest BCUT2D eigenvalue weighted by molar-refractivity contribution is 7.99. The first-order valence-electron chi connectivity index (χ1n) is 6.21. The van der Waals surface area contributed by atoms with Gasteiger partial charge in [0.15, 0.2) is 0 Å². The van der Waals surface area contributed by atoms with Crippen LogP contribution < -0.4 is 11.1 Å². The Hall–Kier alpha value is -0.810. The number of nitrogens with two attached hydrogens (primary N) is 1. The molecule has 0 aliphatic heterocycles. The van der Waals surface area contributed by atoms with Crippen molar-refractivity contribution in [3.05, 3.63) is 22.9 Å². The zero-order valence-corrected chi connectivity index (χ0v) is 12.5. The van der Waals surface area contributed by atoms with Crippen LogP contribution in [0.5, 0.6) is 0 Å². The van der Waals surface area contributed by atoms with Gasteiger partial charge in [-0.05, 0) is 37.1 Å². The number of hydrogen-bond donors (Lipinski definition) is 2. The summed E-state index contributed by atoms with van der Waals surface area (Å²) in [5, 5.41) is 3.92. The second-order valence-electron chi connectivity index (χ2n) is 4.64. The van der Waals surface area contributed by atoms with Crippen molar-refractivity contribution < 1.29 is 0 Å². The molecule has 18 heavy (non-hydrogen) atoms. The average molecular weight is 281 g/mol. The molecule has 1 aliphatic rings. The maximum Gasteiger partial charge on any atom is 0.136 e. The van der Waals surface area contributed by atoms with Gasteiger partial charge in [0.1, 0.15) is 10.8 Å².